The Hall–Kier alpha value is -1.67. The molecule has 0 bridgehead atoms. The van der Waals surface area contributed by atoms with Gasteiger partial charge in [0.25, 0.3) is 0 Å². The zero-order valence-electron chi connectivity index (χ0n) is 10.1. The molecule has 2 rings (SSSR count). The molecule has 0 saturated heterocycles. The summed E-state index contributed by atoms with van der Waals surface area (Å²) in [7, 11) is 1.65. The molecule has 2 heteroatoms. The van der Waals surface area contributed by atoms with Crippen molar-refractivity contribution in [2.75, 3.05) is 7.11 Å². The fourth-order valence-electron chi connectivity index (χ4n) is 2.11. The number of hydrogen-bond acceptors (Lipinski definition) is 2. The van der Waals surface area contributed by atoms with Crippen LogP contribution < -0.4 is 0 Å². The molecular formula is C15H16O2. The Bertz CT molecular complexity index is 526. The molecule has 0 spiro atoms. The van der Waals surface area contributed by atoms with E-state index in [0.717, 1.165) is 10.9 Å². The molecule has 17 heavy (non-hydrogen) atoms. The number of hydrogen-bond donors (Lipinski definition) is 0. The highest BCUT2D eigenvalue weighted by atomic mass is 16.5. The lowest BCUT2D eigenvalue weighted by Gasteiger charge is -2.16. The molecule has 0 aliphatic carbocycles. The van der Waals surface area contributed by atoms with Gasteiger partial charge in [-0.15, -0.1) is 0 Å². The minimum Gasteiger partial charge on any atom is -0.376 e. The fraction of sp³-hybridized carbons (Fsp3) is 0.267. The Kier molecular flexibility index (Phi) is 3.55. The van der Waals surface area contributed by atoms with Crippen molar-refractivity contribution >= 4 is 16.6 Å². The van der Waals surface area contributed by atoms with Crippen LogP contribution in [-0.4, -0.2) is 12.9 Å². The van der Waals surface area contributed by atoms with E-state index in [1.165, 1.54) is 5.39 Å². The van der Waals surface area contributed by atoms with Crippen LogP contribution in [0.25, 0.3) is 10.8 Å². The van der Waals surface area contributed by atoms with Gasteiger partial charge in [0.05, 0.1) is 6.10 Å². The molecule has 0 N–H and O–H groups in total. The van der Waals surface area contributed by atoms with E-state index < -0.39 is 0 Å². The number of benzene rings is 2. The summed E-state index contributed by atoms with van der Waals surface area (Å²) in [6, 6.07) is 14.3. The van der Waals surface area contributed by atoms with Crippen LogP contribution in [0.5, 0.6) is 0 Å². The molecule has 0 fully saturated rings. The fourth-order valence-corrected chi connectivity index (χ4v) is 2.11. The minimum absolute atomic E-state index is 0.143. The van der Waals surface area contributed by atoms with Gasteiger partial charge in [0.15, 0.2) is 0 Å². The number of Topliss-reactive ketones (excluding diaryl/α,β-unsaturated/α-hetero) is 1. The molecule has 0 aliphatic heterocycles. The van der Waals surface area contributed by atoms with Gasteiger partial charge in [-0.1, -0.05) is 42.5 Å². The van der Waals surface area contributed by atoms with Crippen molar-refractivity contribution in [1.82, 2.24) is 0 Å². The summed E-state index contributed by atoms with van der Waals surface area (Å²) in [4.78, 5) is 11.2. The number of fused-ring (bicyclic) bond motifs is 1. The molecule has 1 unspecified atom stereocenters. The SMILES string of the molecule is COC(CC(C)=O)c1cccc2ccccc12. The minimum atomic E-state index is -0.154. The van der Waals surface area contributed by atoms with Crippen molar-refractivity contribution in [3.63, 3.8) is 0 Å². The quantitative estimate of drug-likeness (QED) is 0.800. The Balaban J connectivity index is 2.49. The van der Waals surface area contributed by atoms with Crippen molar-refractivity contribution in [2.24, 2.45) is 0 Å². The maximum absolute atomic E-state index is 11.2. The van der Waals surface area contributed by atoms with Crippen molar-refractivity contribution in [2.45, 2.75) is 19.4 Å². The Morgan fingerprint density at radius 2 is 1.88 bits per heavy atom. The molecule has 0 saturated carbocycles. The number of rotatable bonds is 4. The zero-order chi connectivity index (χ0) is 12.3. The zero-order valence-corrected chi connectivity index (χ0v) is 10.1. The van der Waals surface area contributed by atoms with Crippen LogP contribution in [0.2, 0.25) is 0 Å². The third kappa shape index (κ3) is 2.53. The maximum Gasteiger partial charge on any atom is 0.132 e. The maximum atomic E-state index is 11.2. The average Bonchev–Trinajstić information content (AvgIpc) is 2.35. The molecule has 88 valence electrons. The number of carbonyl (C=O) groups is 1. The second kappa shape index (κ2) is 5.11. The molecule has 2 aromatic rings. The van der Waals surface area contributed by atoms with E-state index in [-0.39, 0.29) is 11.9 Å². The highest BCUT2D eigenvalue weighted by molar-refractivity contribution is 5.86. The largest absolute Gasteiger partial charge is 0.376 e. The van der Waals surface area contributed by atoms with Crippen LogP contribution in [-0.2, 0) is 9.53 Å². The second-order valence-electron chi connectivity index (χ2n) is 4.20. The van der Waals surface area contributed by atoms with Gasteiger partial charge < -0.3 is 4.74 Å². The smallest absolute Gasteiger partial charge is 0.132 e. The number of ether oxygens (including phenoxy) is 1. The van der Waals surface area contributed by atoms with E-state index in [1.54, 1.807) is 14.0 Å². The average molecular weight is 228 g/mol. The summed E-state index contributed by atoms with van der Waals surface area (Å²) in [5.74, 6) is 0.143. The molecule has 1 atom stereocenters. The first-order valence-corrected chi connectivity index (χ1v) is 5.72. The highest BCUT2D eigenvalue weighted by Crippen LogP contribution is 2.28. The van der Waals surface area contributed by atoms with Crippen molar-refractivity contribution < 1.29 is 9.53 Å². The first kappa shape index (κ1) is 11.8. The predicted octanol–water partition coefficient (Wildman–Crippen LogP) is 3.51. The summed E-state index contributed by atoms with van der Waals surface area (Å²) in [6.45, 7) is 1.59. The van der Waals surface area contributed by atoms with Gasteiger partial charge in [-0.2, -0.15) is 0 Å². The summed E-state index contributed by atoms with van der Waals surface area (Å²) in [5.41, 5.74) is 1.08. The summed E-state index contributed by atoms with van der Waals surface area (Å²) in [6.07, 6.45) is 0.267. The first-order chi connectivity index (χ1) is 8.22. The van der Waals surface area contributed by atoms with Gasteiger partial charge in [0.2, 0.25) is 0 Å². The third-order valence-electron chi connectivity index (χ3n) is 2.93. The van der Waals surface area contributed by atoms with Gasteiger partial charge in [-0.05, 0) is 23.3 Å². The normalized spacial score (nSPS) is 12.6. The Labute approximate surface area is 101 Å². The van der Waals surface area contributed by atoms with Crippen molar-refractivity contribution in [3.05, 3.63) is 48.0 Å². The van der Waals surface area contributed by atoms with Gasteiger partial charge in [0.1, 0.15) is 5.78 Å². The lowest BCUT2D eigenvalue weighted by atomic mass is 9.97. The molecule has 2 nitrogen and oxygen atoms in total. The third-order valence-corrected chi connectivity index (χ3v) is 2.93. The van der Waals surface area contributed by atoms with E-state index in [1.807, 2.05) is 24.3 Å². The number of methoxy groups -OCH3 is 1. The van der Waals surface area contributed by atoms with Crippen LogP contribution >= 0.6 is 0 Å². The lowest BCUT2D eigenvalue weighted by Crippen LogP contribution is -2.06. The first-order valence-electron chi connectivity index (χ1n) is 5.72. The Morgan fingerprint density at radius 1 is 1.18 bits per heavy atom. The van der Waals surface area contributed by atoms with E-state index in [9.17, 15) is 4.79 Å². The topological polar surface area (TPSA) is 26.3 Å². The lowest BCUT2D eigenvalue weighted by molar-refractivity contribution is -0.119. The van der Waals surface area contributed by atoms with E-state index in [2.05, 4.69) is 18.2 Å². The van der Waals surface area contributed by atoms with Crippen LogP contribution in [0.1, 0.15) is 25.0 Å². The number of carbonyl (C=O) groups excluding carboxylic acids is 1. The van der Waals surface area contributed by atoms with Crippen LogP contribution in [0.15, 0.2) is 42.5 Å². The Morgan fingerprint density at radius 3 is 2.59 bits per heavy atom. The monoisotopic (exact) mass is 228 g/mol. The molecule has 0 heterocycles. The van der Waals surface area contributed by atoms with Gasteiger partial charge in [0, 0.05) is 13.5 Å². The van der Waals surface area contributed by atoms with Crippen molar-refractivity contribution in [3.8, 4) is 0 Å². The van der Waals surface area contributed by atoms with Crippen LogP contribution in [0.3, 0.4) is 0 Å². The molecule has 2 aromatic carbocycles. The summed E-state index contributed by atoms with van der Waals surface area (Å²) < 4.78 is 5.43. The molecule has 0 aromatic heterocycles. The summed E-state index contributed by atoms with van der Waals surface area (Å²) in [5, 5.41) is 2.33. The molecular weight excluding hydrogens is 212 g/mol. The van der Waals surface area contributed by atoms with E-state index in [0.29, 0.717) is 6.42 Å². The second-order valence-corrected chi connectivity index (χ2v) is 4.20. The van der Waals surface area contributed by atoms with E-state index >= 15 is 0 Å². The molecule has 0 radical (unpaired) electrons. The van der Waals surface area contributed by atoms with Crippen molar-refractivity contribution in [1.29, 1.82) is 0 Å². The van der Waals surface area contributed by atoms with Gasteiger partial charge in [-0.25, -0.2) is 0 Å². The molecule has 0 amide bonds. The summed E-state index contributed by atoms with van der Waals surface area (Å²) >= 11 is 0. The van der Waals surface area contributed by atoms with E-state index in [4.69, 9.17) is 4.74 Å². The highest BCUT2D eigenvalue weighted by Gasteiger charge is 2.15. The van der Waals surface area contributed by atoms with Gasteiger partial charge >= 0.3 is 0 Å². The molecule has 0 aliphatic rings. The van der Waals surface area contributed by atoms with Crippen LogP contribution in [0, 0.1) is 0 Å². The number of ketones is 1. The standard InChI is InChI=1S/C15H16O2/c1-11(16)10-15(17-2)14-9-5-7-12-6-3-4-8-13(12)14/h3-9,15H,10H2,1-2H3. The van der Waals surface area contributed by atoms with Crippen LogP contribution in [0.4, 0.5) is 0 Å². The van der Waals surface area contributed by atoms with Gasteiger partial charge in [-0.3, -0.25) is 4.79 Å². The predicted molar refractivity (Wildman–Crippen MR) is 69.0 cm³/mol.